The maximum absolute atomic E-state index is 12.8. The van der Waals surface area contributed by atoms with Gasteiger partial charge in [-0.25, -0.2) is 0 Å². The highest BCUT2D eigenvalue weighted by molar-refractivity contribution is 5.89. The molecule has 0 radical (unpaired) electrons. The molecule has 1 heterocycles. The van der Waals surface area contributed by atoms with Crippen molar-refractivity contribution in [3.63, 3.8) is 0 Å². The first-order valence-electron chi connectivity index (χ1n) is 8.23. The van der Waals surface area contributed by atoms with Crippen LogP contribution in [0.3, 0.4) is 0 Å². The number of halogens is 3. The Bertz CT molecular complexity index is 619. The molecule has 1 fully saturated rings. The summed E-state index contributed by atoms with van der Waals surface area (Å²) in [4.78, 5) is 25.6. The predicted octanol–water partition coefficient (Wildman–Crippen LogP) is 1.78. The van der Waals surface area contributed by atoms with Gasteiger partial charge in [0.15, 0.2) is 0 Å². The molecule has 138 valence electrons. The Kier molecular flexibility index (Phi) is 6.41. The normalized spacial score (nSPS) is 17.8. The molecule has 2 N–H and O–H groups in total. The molecule has 0 bridgehead atoms. The third-order valence-electron chi connectivity index (χ3n) is 4.06. The lowest BCUT2D eigenvalue weighted by atomic mass is 10.1. The largest absolute Gasteiger partial charge is 0.416 e. The summed E-state index contributed by atoms with van der Waals surface area (Å²) >= 11 is 0. The van der Waals surface area contributed by atoms with Gasteiger partial charge in [-0.1, -0.05) is 19.1 Å². The fourth-order valence-electron chi connectivity index (χ4n) is 2.76. The van der Waals surface area contributed by atoms with Crippen LogP contribution >= 0.6 is 0 Å². The van der Waals surface area contributed by atoms with Crippen molar-refractivity contribution in [1.82, 2.24) is 15.5 Å². The summed E-state index contributed by atoms with van der Waals surface area (Å²) in [6.07, 6.45) is -4.33. The third kappa shape index (κ3) is 5.45. The summed E-state index contributed by atoms with van der Waals surface area (Å²) in [6, 6.07) is 4.91. The summed E-state index contributed by atoms with van der Waals surface area (Å²) in [5.41, 5.74) is -0.342. The van der Waals surface area contributed by atoms with Crippen molar-refractivity contribution in [1.29, 1.82) is 0 Å². The van der Waals surface area contributed by atoms with Crippen molar-refractivity contribution >= 4 is 11.8 Å². The monoisotopic (exact) mass is 357 g/mol. The van der Waals surface area contributed by atoms with Crippen LogP contribution in [-0.4, -0.2) is 42.9 Å². The Hall–Kier alpha value is -2.09. The van der Waals surface area contributed by atoms with E-state index in [1.807, 2.05) is 6.92 Å². The van der Waals surface area contributed by atoms with E-state index in [1.165, 1.54) is 11.0 Å². The smallest absolute Gasteiger partial charge is 0.355 e. The first-order valence-corrected chi connectivity index (χ1v) is 8.23. The molecule has 2 amide bonds. The summed E-state index contributed by atoms with van der Waals surface area (Å²) < 4.78 is 38.3. The molecule has 1 aromatic carbocycles. The number of carbonyl (C=O) groups excluding carboxylic acids is 2. The maximum Gasteiger partial charge on any atom is 0.416 e. The lowest BCUT2D eigenvalue weighted by Gasteiger charge is -2.17. The van der Waals surface area contributed by atoms with Gasteiger partial charge < -0.3 is 15.5 Å². The highest BCUT2D eigenvalue weighted by atomic mass is 19.4. The molecule has 1 aromatic rings. The Balaban J connectivity index is 1.91. The van der Waals surface area contributed by atoms with E-state index in [4.69, 9.17) is 0 Å². The van der Waals surface area contributed by atoms with E-state index in [0.717, 1.165) is 18.7 Å². The zero-order valence-corrected chi connectivity index (χ0v) is 14.0. The first-order chi connectivity index (χ1) is 11.8. The van der Waals surface area contributed by atoms with Crippen molar-refractivity contribution < 1.29 is 22.8 Å². The fourth-order valence-corrected chi connectivity index (χ4v) is 2.76. The van der Waals surface area contributed by atoms with E-state index in [9.17, 15) is 22.8 Å². The molecule has 1 atom stereocenters. The fraction of sp³-hybridized carbons (Fsp3) is 0.529. The van der Waals surface area contributed by atoms with Crippen molar-refractivity contribution in [2.45, 2.75) is 26.1 Å². The van der Waals surface area contributed by atoms with Gasteiger partial charge in [-0.3, -0.25) is 9.59 Å². The summed E-state index contributed by atoms with van der Waals surface area (Å²) in [5, 5.41) is 5.84. The van der Waals surface area contributed by atoms with Gasteiger partial charge in [-0.15, -0.1) is 0 Å². The Labute approximate surface area is 144 Å². The molecule has 1 aliphatic heterocycles. The van der Waals surface area contributed by atoms with Gasteiger partial charge in [0.2, 0.25) is 11.8 Å². The van der Waals surface area contributed by atoms with E-state index in [0.29, 0.717) is 18.7 Å². The molecule has 0 aliphatic carbocycles. The number of nitrogens with one attached hydrogen (secondary N) is 2. The van der Waals surface area contributed by atoms with Crippen molar-refractivity contribution in [3.8, 4) is 0 Å². The molecular weight excluding hydrogens is 335 g/mol. The van der Waals surface area contributed by atoms with Crippen LogP contribution < -0.4 is 10.6 Å². The van der Waals surface area contributed by atoms with E-state index < -0.39 is 17.7 Å². The van der Waals surface area contributed by atoms with Crippen LogP contribution in [0.1, 0.15) is 24.5 Å². The third-order valence-corrected chi connectivity index (χ3v) is 4.06. The molecule has 1 saturated heterocycles. The van der Waals surface area contributed by atoms with Gasteiger partial charge in [0.05, 0.1) is 11.5 Å². The second kappa shape index (κ2) is 8.33. The molecular formula is C17H22F3N3O2. The van der Waals surface area contributed by atoms with Crippen LogP contribution in [0, 0.1) is 5.92 Å². The van der Waals surface area contributed by atoms with Crippen LogP contribution in [-0.2, 0) is 22.3 Å². The molecule has 0 aromatic heterocycles. The molecule has 5 nitrogen and oxygen atoms in total. The minimum absolute atomic E-state index is 0.0733. The quantitative estimate of drug-likeness (QED) is 0.732. The molecule has 0 saturated carbocycles. The van der Waals surface area contributed by atoms with Crippen LogP contribution in [0.4, 0.5) is 13.2 Å². The number of benzene rings is 1. The summed E-state index contributed by atoms with van der Waals surface area (Å²) in [5.74, 6) is -0.873. The number of carbonyl (C=O) groups is 2. The number of amides is 2. The van der Waals surface area contributed by atoms with E-state index >= 15 is 0 Å². The van der Waals surface area contributed by atoms with Gasteiger partial charge in [0, 0.05) is 32.6 Å². The van der Waals surface area contributed by atoms with Crippen LogP contribution in [0.5, 0.6) is 0 Å². The topological polar surface area (TPSA) is 61.4 Å². The average molecular weight is 357 g/mol. The Morgan fingerprint density at radius 3 is 2.76 bits per heavy atom. The molecule has 1 unspecified atom stereocenters. The van der Waals surface area contributed by atoms with Crippen LogP contribution in [0.15, 0.2) is 24.3 Å². The lowest BCUT2D eigenvalue weighted by Crippen LogP contribution is -2.36. The average Bonchev–Trinajstić information content (AvgIpc) is 2.92. The second-order valence-electron chi connectivity index (χ2n) is 6.02. The highest BCUT2D eigenvalue weighted by Gasteiger charge is 2.35. The molecule has 1 aliphatic rings. The zero-order chi connectivity index (χ0) is 18.4. The van der Waals surface area contributed by atoms with Gasteiger partial charge in [0.25, 0.3) is 0 Å². The summed E-state index contributed by atoms with van der Waals surface area (Å²) in [6.45, 7) is 4.19. The Morgan fingerprint density at radius 2 is 2.08 bits per heavy atom. The molecule has 0 spiro atoms. The van der Waals surface area contributed by atoms with E-state index in [-0.39, 0.29) is 31.3 Å². The number of likely N-dealkylation sites (tertiary alicyclic amines) is 1. The minimum Gasteiger partial charge on any atom is -0.355 e. The highest BCUT2D eigenvalue weighted by Crippen LogP contribution is 2.30. The Morgan fingerprint density at radius 1 is 1.32 bits per heavy atom. The zero-order valence-electron chi connectivity index (χ0n) is 14.0. The van der Waals surface area contributed by atoms with Crippen molar-refractivity contribution in [2.75, 3.05) is 26.2 Å². The second-order valence-corrected chi connectivity index (χ2v) is 6.02. The summed E-state index contributed by atoms with van der Waals surface area (Å²) in [7, 11) is 0. The SMILES string of the molecule is CCNCCNC(=O)C1CC(=O)N(Cc2cccc(C(F)(F)F)c2)C1. The van der Waals surface area contributed by atoms with Crippen molar-refractivity contribution in [2.24, 2.45) is 5.92 Å². The van der Waals surface area contributed by atoms with Gasteiger partial charge in [0.1, 0.15) is 0 Å². The van der Waals surface area contributed by atoms with Crippen molar-refractivity contribution in [3.05, 3.63) is 35.4 Å². The lowest BCUT2D eigenvalue weighted by molar-refractivity contribution is -0.137. The number of nitrogens with zero attached hydrogens (tertiary/aromatic N) is 1. The maximum atomic E-state index is 12.8. The molecule has 2 rings (SSSR count). The first kappa shape index (κ1) is 19.2. The minimum atomic E-state index is -4.42. The number of hydrogen-bond acceptors (Lipinski definition) is 3. The molecule has 8 heteroatoms. The van der Waals surface area contributed by atoms with Gasteiger partial charge in [-0.05, 0) is 24.2 Å². The number of likely N-dealkylation sites (N-methyl/N-ethyl adjacent to an activating group) is 1. The van der Waals surface area contributed by atoms with Gasteiger partial charge >= 0.3 is 6.18 Å². The number of rotatable bonds is 7. The number of hydrogen-bond donors (Lipinski definition) is 2. The standard InChI is InChI=1S/C17H22F3N3O2/c1-2-21-6-7-22-16(25)13-9-15(24)23(11-13)10-12-4-3-5-14(8-12)17(18,19)20/h3-5,8,13,21H,2,6-7,9-11H2,1H3,(H,22,25). The van der Waals surface area contributed by atoms with E-state index in [1.54, 1.807) is 6.07 Å². The van der Waals surface area contributed by atoms with Gasteiger partial charge in [-0.2, -0.15) is 13.2 Å². The molecule has 25 heavy (non-hydrogen) atoms. The van der Waals surface area contributed by atoms with Crippen LogP contribution in [0.2, 0.25) is 0 Å². The number of alkyl halides is 3. The van der Waals surface area contributed by atoms with E-state index in [2.05, 4.69) is 10.6 Å². The van der Waals surface area contributed by atoms with Crippen LogP contribution in [0.25, 0.3) is 0 Å². The predicted molar refractivity (Wildman–Crippen MR) is 86.5 cm³/mol.